The van der Waals surface area contributed by atoms with Gasteiger partial charge in [0.05, 0.1) is 18.7 Å². The van der Waals surface area contributed by atoms with E-state index in [0.29, 0.717) is 23.1 Å². The standard InChI is InChI=1S/C11H15ClO2/c1-3-4-8-14-11-9(12)6-5-7-10(11)13-2/h5-7H,3-4,8H2,1-2H3. The lowest BCUT2D eigenvalue weighted by molar-refractivity contribution is 0.288. The number of hydrogen-bond acceptors (Lipinski definition) is 2. The highest BCUT2D eigenvalue weighted by Gasteiger charge is 2.07. The van der Waals surface area contributed by atoms with Crippen LogP contribution < -0.4 is 9.47 Å². The molecule has 0 aromatic heterocycles. The van der Waals surface area contributed by atoms with Crippen LogP contribution >= 0.6 is 11.6 Å². The Morgan fingerprint density at radius 3 is 2.79 bits per heavy atom. The van der Waals surface area contributed by atoms with Crippen molar-refractivity contribution in [2.45, 2.75) is 19.8 Å². The summed E-state index contributed by atoms with van der Waals surface area (Å²) in [4.78, 5) is 0. The second-order valence-corrected chi connectivity index (χ2v) is 3.38. The van der Waals surface area contributed by atoms with E-state index in [2.05, 4.69) is 6.92 Å². The molecule has 0 aliphatic rings. The summed E-state index contributed by atoms with van der Waals surface area (Å²) in [6.45, 7) is 2.80. The van der Waals surface area contributed by atoms with Crippen molar-refractivity contribution in [3.05, 3.63) is 23.2 Å². The van der Waals surface area contributed by atoms with Crippen LogP contribution in [0.5, 0.6) is 11.5 Å². The number of hydrogen-bond donors (Lipinski definition) is 0. The normalized spacial score (nSPS) is 9.93. The summed E-state index contributed by atoms with van der Waals surface area (Å²) in [5.74, 6) is 1.33. The van der Waals surface area contributed by atoms with Crippen LogP contribution in [0.15, 0.2) is 18.2 Å². The average molecular weight is 215 g/mol. The Bertz CT molecular complexity index is 287. The number of methoxy groups -OCH3 is 1. The van der Waals surface area contributed by atoms with E-state index >= 15 is 0 Å². The summed E-state index contributed by atoms with van der Waals surface area (Å²) in [6.07, 6.45) is 2.13. The van der Waals surface area contributed by atoms with Gasteiger partial charge in [0.15, 0.2) is 11.5 Å². The van der Waals surface area contributed by atoms with Crippen molar-refractivity contribution in [3.8, 4) is 11.5 Å². The first kappa shape index (κ1) is 11.2. The molecule has 3 heteroatoms. The van der Waals surface area contributed by atoms with Crippen LogP contribution in [0.4, 0.5) is 0 Å². The largest absolute Gasteiger partial charge is 0.493 e. The van der Waals surface area contributed by atoms with Gasteiger partial charge >= 0.3 is 0 Å². The van der Waals surface area contributed by atoms with E-state index in [1.807, 2.05) is 12.1 Å². The lowest BCUT2D eigenvalue weighted by atomic mass is 10.3. The van der Waals surface area contributed by atoms with Crippen molar-refractivity contribution in [2.24, 2.45) is 0 Å². The zero-order valence-corrected chi connectivity index (χ0v) is 9.30. The molecule has 0 unspecified atom stereocenters. The van der Waals surface area contributed by atoms with Crippen LogP contribution in [0.3, 0.4) is 0 Å². The molecule has 1 aromatic carbocycles. The Labute approximate surface area is 89.8 Å². The molecule has 0 bridgehead atoms. The summed E-state index contributed by atoms with van der Waals surface area (Å²) in [5, 5.41) is 0.598. The Morgan fingerprint density at radius 2 is 2.14 bits per heavy atom. The first-order chi connectivity index (χ1) is 6.79. The molecule has 0 aliphatic heterocycles. The lowest BCUT2D eigenvalue weighted by Gasteiger charge is -2.11. The molecule has 0 fully saturated rings. The molecule has 14 heavy (non-hydrogen) atoms. The third kappa shape index (κ3) is 2.81. The van der Waals surface area contributed by atoms with Crippen molar-refractivity contribution >= 4 is 11.6 Å². The van der Waals surface area contributed by atoms with Crippen LogP contribution in [-0.4, -0.2) is 13.7 Å². The molecule has 1 rings (SSSR count). The number of benzene rings is 1. The second kappa shape index (κ2) is 5.76. The Kier molecular flexibility index (Phi) is 4.60. The summed E-state index contributed by atoms with van der Waals surface area (Å²) >= 11 is 5.98. The topological polar surface area (TPSA) is 18.5 Å². The van der Waals surface area contributed by atoms with Crippen molar-refractivity contribution < 1.29 is 9.47 Å². The van der Waals surface area contributed by atoms with Gasteiger partial charge in [-0.15, -0.1) is 0 Å². The van der Waals surface area contributed by atoms with Gasteiger partial charge in [0, 0.05) is 0 Å². The van der Waals surface area contributed by atoms with E-state index in [0.717, 1.165) is 12.8 Å². The molecular weight excluding hydrogens is 200 g/mol. The van der Waals surface area contributed by atoms with E-state index in [-0.39, 0.29) is 0 Å². The van der Waals surface area contributed by atoms with Crippen LogP contribution in [0, 0.1) is 0 Å². The molecule has 0 saturated carbocycles. The zero-order chi connectivity index (χ0) is 10.4. The van der Waals surface area contributed by atoms with Crippen LogP contribution in [0.1, 0.15) is 19.8 Å². The molecule has 0 spiro atoms. The highest BCUT2D eigenvalue weighted by atomic mass is 35.5. The van der Waals surface area contributed by atoms with Crippen molar-refractivity contribution in [1.29, 1.82) is 0 Å². The van der Waals surface area contributed by atoms with Gasteiger partial charge in [0.2, 0.25) is 0 Å². The first-order valence-electron chi connectivity index (χ1n) is 4.75. The highest BCUT2D eigenvalue weighted by molar-refractivity contribution is 6.32. The molecule has 1 aromatic rings. The minimum Gasteiger partial charge on any atom is -0.493 e. The van der Waals surface area contributed by atoms with Crippen LogP contribution in [0.25, 0.3) is 0 Å². The molecule has 0 N–H and O–H groups in total. The number of unbranched alkanes of at least 4 members (excludes halogenated alkanes) is 1. The Hall–Kier alpha value is -0.890. The van der Waals surface area contributed by atoms with Crippen molar-refractivity contribution in [3.63, 3.8) is 0 Å². The van der Waals surface area contributed by atoms with Gasteiger partial charge in [-0.25, -0.2) is 0 Å². The van der Waals surface area contributed by atoms with E-state index in [1.54, 1.807) is 13.2 Å². The lowest BCUT2D eigenvalue weighted by Crippen LogP contribution is -1.99. The molecule has 0 radical (unpaired) electrons. The van der Waals surface area contributed by atoms with Gasteiger partial charge in [-0.05, 0) is 18.6 Å². The molecule has 0 amide bonds. The summed E-state index contributed by atoms with van der Waals surface area (Å²) in [7, 11) is 1.61. The quantitative estimate of drug-likeness (QED) is 0.699. The summed E-state index contributed by atoms with van der Waals surface area (Å²) in [6, 6.07) is 5.48. The molecule has 0 aliphatic carbocycles. The van der Waals surface area contributed by atoms with Gasteiger partial charge in [-0.1, -0.05) is 31.0 Å². The van der Waals surface area contributed by atoms with Gasteiger partial charge in [-0.2, -0.15) is 0 Å². The van der Waals surface area contributed by atoms with Crippen molar-refractivity contribution in [1.82, 2.24) is 0 Å². The zero-order valence-electron chi connectivity index (χ0n) is 8.55. The predicted octanol–water partition coefficient (Wildman–Crippen LogP) is 3.53. The Balaban J connectivity index is 2.72. The molecule has 0 atom stereocenters. The second-order valence-electron chi connectivity index (χ2n) is 2.97. The monoisotopic (exact) mass is 214 g/mol. The first-order valence-corrected chi connectivity index (χ1v) is 5.12. The fourth-order valence-corrected chi connectivity index (χ4v) is 1.33. The summed E-state index contributed by atoms with van der Waals surface area (Å²) < 4.78 is 10.7. The van der Waals surface area contributed by atoms with Crippen LogP contribution in [-0.2, 0) is 0 Å². The fourth-order valence-electron chi connectivity index (χ4n) is 1.11. The number of ether oxygens (including phenoxy) is 2. The third-order valence-electron chi connectivity index (χ3n) is 1.90. The molecule has 78 valence electrons. The van der Waals surface area contributed by atoms with Gasteiger partial charge in [-0.3, -0.25) is 0 Å². The maximum absolute atomic E-state index is 5.98. The predicted molar refractivity (Wildman–Crippen MR) is 58.4 cm³/mol. The molecule has 0 heterocycles. The minimum absolute atomic E-state index is 0.598. The van der Waals surface area contributed by atoms with Crippen LogP contribution in [0.2, 0.25) is 5.02 Å². The average Bonchev–Trinajstić information content (AvgIpc) is 2.20. The number of para-hydroxylation sites is 1. The van der Waals surface area contributed by atoms with Gasteiger partial charge < -0.3 is 9.47 Å². The SMILES string of the molecule is CCCCOc1c(Cl)cccc1OC. The molecular formula is C11H15ClO2. The smallest absolute Gasteiger partial charge is 0.179 e. The van der Waals surface area contributed by atoms with Gasteiger partial charge in [0.25, 0.3) is 0 Å². The highest BCUT2D eigenvalue weighted by Crippen LogP contribution is 2.34. The van der Waals surface area contributed by atoms with Crippen molar-refractivity contribution in [2.75, 3.05) is 13.7 Å². The summed E-state index contributed by atoms with van der Waals surface area (Å²) in [5.41, 5.74) is 0. The molecule has 2 nitrogen and oxygen atoms in total. The number of rotatable bonds is 5. The third-order valence-corrected chi connectivity index (χ3v) is 2.19. The molecule has 0 saturated heterocycles. The number of halogens is 1. The van der Waals surface area contributed by atoms with Gasteiger partial charge in [0.1, 0.15) is 0 Å². The minimum atomic E-state index is 0.598. The fraction of sp³-hybridized carbons (Fsp3) is 0.455. The maximum atomic E-state index is 5.98. The van der Waals surface area contributed by atoms with E-state index in [9.17, 15) is 0 Å². The van der Waals surface area contributed by atoms with E-state index in [1.165, 1.54) is 0 Å². The van der Waals surface area contributed by atoms with E-state index < -0.39 is 0 Å². The van der Waals surface area contributed by atoms with E-state index in [4.69, 9.17) is 21.1 Å². The Morgan fingerprint density at radius 1 is 1.36 bits per heavy atom. The maximum Gasteiger partial charge on any atom is 0.179 e.